The van der Waals surface area contributed by atoms with Crippen LogP contribution in [0, 0.1) is 17.9 Å². The zero-order valence-electron chi connectivity index (χ0n) is 14.7. The third-order valence-corrected chi connectivity index (χ3v) is 4.84. The van der Waals surface area contributed by atoms with Gasteiger partial charge < -0.3 is 0 Å². The zero-order chi connectivity index (χ0) is 18.6. The van der Waals surface area contributed by atoms with Gasteiger partial charge in [-0.3, -0.25) is 0 Å². The van der Waals surface area contributed by atoms with Crippen LogP contribution in [0.25, 0.3) is 21.6 Å². The number of nitrogens with zero attached hydrogens (tertiary/aromatic N) is 2. The Hall–Kier alpha value is -3.88. The summed E-state index contributed by atoms with van der Waals surface area (Å²) in [5, 5.41) is 9.68. The third kappa shape index (κ3) is 2.95. The summed E-state index contributed by atoms with van der Waals surface area (Å²) in [7, 11) is 0. The first-order valence-corrected chi connectivity index (χ1v) is 8.78. The molecule has 1 aliphatic rings. The summed E-state index contributed by atoms with van der Waals surface area (Å²) in [4.78, 5) is 3.57. The number of rotatable bonds is 2. The van der Waals surface area contributed by atoms with Crippen molar-refractivity contribution in [2.75, 3.05) is 0 Å². The molecule has 27 heavy (non-hydrogen) atoms. The lowest BCUT2D eigenvalue weighted by Crippen LogP contribution is -2.08. The first-order valence-electron chi connectivity index (χ1n) is 8.78. The van der Waals surface area contributed by atoms with Gasteiger partial charge in [-0.25, -0.2) is 10.1 Å². The van der Waals surface area contributed by atoms with E-state index in [1.807, 2.05) is 66.7 Å². The highest BCUT2D eigenvalue weighted by Gasteiger charge is 2.27. The van der Waals surface area contributed by atoms with Crippen molar-refractivity contribution in [3.05, 3.63) is 124 Å². The number of hydrogen-bond acceptors (Lipinski definition) is 1. The molecule has 3 aromatic carbocycles. The number of nitriles is 1. The normalized spacial score (nSPS) is 14.7. The topological polar surface area (TPSA) is 28.1 Å². The fourth-order valence-electron chi connectivity index (χ4n) is 3.67. The molecule has 0 aromatic heterocycles. The maximum Gasteiger partial charge on any atom is 0.270 e. The van der Waals surface area contributed by atoms with Crippen molar-refractivity contribution in [1.29, 1.82) is 5.26 Å². The average molecular weight is 344 g/mol. The molecule has 1 aliphatic carbocycles. The van der Waals surface area contributed by atoms with Crippen molar-refractivity contribution in [2.24, 2.45) is 0 Å². The second-order valence-electron chi connectivity index (χ2n) is 6.37. The predicted molar refractivity (Wildman–Crippen MR) is 109 cm³/mol. The Bertz CT molecular complexity index is 1120. The van der Waals surface area contributed by atoms with Crippen LogP contribution in [-0.4, -0.2) is 0 Å². The fraction of sp³-hybridized carbons (Fsp3) is 0.0400. The van der Waals surface area contributed by atoms with Crippen molar-refractivity contribution in [3.63, 3.8) is 0 Å². The standard InChI is InChI=1S/C25H16N2/c1-27-23(17-26)25-21-15-9-8-14-20(21)16-22(18-10-4-2-5-11-18)24(25)19-12-6-3-7-13-19/h2-15H,16H2. The molecule has 4 rings (SSSR count). The Labute approximate surface area is 159 Å². The van der Waals surface area contributed by atoms with Gasteiger partial charge in [0.05, 0.1) is 12.6 Å². The fourth-order valence-corrected chi connectivity index (χ4v) is 3.67. The molecule has 0 bridgehead atoms. The second-order valence-corrected chi connectivity index (χ2v) is 6.37. The average Bonchev–Trinajstić information content (AvgIpc) is 2.75. The van der Waals surface area contributed by atoms with Crippen LogP contribution in [0.5, 0.6) is 0 Å². The van der Waals surface area contributed by atoms with E-state index in [0.717, 1.165) is 45.4 Å². The van der Waals surface area contributed by atoms with E-state index in [4.69, 9.17) is 6.57 Å². The van der Waals surface area contributed by atoms with Gasteiger partial charge in [-0.2, -0.15) is 0 Å². The van der Waals surface area contributed by atoms with E-state index in [9.17, 15) is 5.26 Å². The molecule has 2 nitrogen and oxygen atoms in total. The highest BCUT2D eigenvalue weighted by molar-refractivity contribution is 6.19. The summed E-state index contributed by atoms with van der Waals surface area (Å²) < 4.78 is 0. The summed E-state index contributed by atoms with van der Waals surface area (Å²) in [6, 6.07) is 30.5. The smallest absolute Gasteiger partial charge is 0.226 e. The Balaban J connectivity index is 2.13. The van der Waals surface area contributed by atoms with E-state index in [1.54, 1.807) is 0 Å². The molecular weight excluding hydrogens is 328 g/mol. The van der Waals surface area contributed by atoms with Crippen LogP contribution in [-0.2, 0) is 6.42 Å². The number of hydrogen-bond donors (Lipinski definition) is 0. The summed E-state index contributed by atoms with van der Waals surface area (Å²) in [5.74, 6) is 0. The summed E-state index contributed by atoms with van der Waals surface area (Å²) in [6.45, 7) is 7.58. The van der Waals surface area contributed by atoms with Gasteiger partial charge in [0.15, 0.2) is 0 Å². The predicted octanol–water partition coefficient (Wildman–Crippen LogP) is 6.01. The minimum absolute atomic E-state index is 0.134. The molecule has 3 aromatic rings. The number of benzene rings is 3. The third-order valence-electron chi connectivity index (χ3n) is 4.84. The minimum Gasteiger partial charge on any atom is -0.226 e. The molecule has 0 atom stereocenters. The first kappa shape index (κ1) is 16.6. The van der Waals surface area contributed by atoms with Crippen LogP contribution in [0.1, 0.15) is 22.3 Å². The van der Waals surface area contributed by atoms with E-state index < -0.39 is 0 Å². The van der Waals surface area contributed by atoms with Crippen molar-refractivity contribution >= 4 is 16.7 Å². The minimum atomic E-state index is 0.134. The Morgan fingerprint density at radius 2 is 1.41 bits per heavy atom. The van der Waals surface area contributed by atoms with Crippen LogP contribution in [0.4, 0.5) is 0 Å². The van der Waals surface area contributed by atoms with Crippen molar-refractivity contribution in [2.45, 2.75) is 6.42 Å². The van der Waals surface area contributed by atoms with E-state index in [0.29, 0.717) is 0 Å². The monoisotopic (exact) mass is 344 g/mol. The van der Waals surface area contributed by atoms with E-state index in [2.05, 4.69) is 29.1 Å². The largest absolute Gasteiger partial charge is 0.270 e. The second kappa shape index (κ2) is 7.16. The lowest BCUT2D eigenvalue weighted by molar-refractivity contribution is 1.24. The van der Waals surface area contributed by atoms with Crippen molar-refractivity contribution < 1.29 is 0 Å². The molecular formula is C25H16N2. The molecule has 0 amide bonds. The molecule has 2 heteroatoms. The molecule has 0 fully saturated rings. The van der Waals surface area contributed by atoms with Gasteiger partial charge in [0.25, 0.3) is 5.70 Å². The van der Waals surface area contributed by atoms with Gasteiger partial charge in [-0.05, 0) is 39.8 Å². The zero-order valence-corrected chi connectivity index (χ0v) is 14.7. The van der Waals surface area contributed by atoms with Crippen molar-refractivity contribution in [1.82, 2.24) is 0 Å². The Morgan fingerprint density at radius 3 is 2.04 bits per heavy atom. The summed E-state index contributed by atoms with van der Waals surface area (Å²) in [6.07, 6.45) is 0.768. The maximum absolute atomic E-state index is 9.68. The van der Waals surface area contributed by atoms with Gasteiger partial charge >= 0.3 is 0 Å². The molecule has 0 saturated carbocycles. The summed E-state index contributed by atoms with van der Waals surface area (Å²) in [5.41, 5.74) is 7.25. The first-order chi connectivity index (χ1) is 13.3. The molecule has 0 saturated heterocycles. The Morgan fingerprint density at radius 1 is 0.815 bits per heavy atom. The van der Waals surface area contributed by atoms with Crippen molar-refractivity contribution in [3.8, 4) is 6.07 Å². The molecule has 126 valence electrons. The highest BCUT2D eigenvalue weighted by atomic mass is 14.7. The van der Waals surface area contributed by atoms with Gasteiger partial charge in [0.1, 0.15) is 0 Å². The molecule has 0 heterocycles. The SMILES string of the molecule is [C-]#[N+]C(C#N)=C1C(c2ccccc2)=C(c2ccccc2)Cc2ccccc21. The molecule has 0 radical (unpaired) electrons. The van der Waals surface area contributed by atoms with Crippen LogP contribution in [0.2, 0.25) is 0 Å². The molecule has 0 N–H and O–H groups in total. The van der Waals surface area contributed by atoms with E-state index >= 15 is 0 Å². The van der Waals surface area contributed by atoms with Gasteiger partial charge in [-0.15, -0.1) is 0 Å². The van der Waals surface area contributed by atoms with Gasteiger partial charge in [0.2, 0.25) is 0 Å². The number of fused-ring (bicyclic) bond motifs is 1. The quantitative estimate of drug-likeness (QED) is 0.413. The van der Waals surface area contributed by atoms with E-state index in [1.165, 1.54) is 0 Å². The van der Waals surface area contributed by atoms with Crippen LogP contribution in [0.3, 0.4) is 0 Å². The molecule has 0 aliphatic heterocycles. The van der Waals surface area contributed by atoms with E-state index in [-0.39, 0.29) is 5.70 Å². The molecule has 0 unspecified atom stereocenters. The van der Waals surface area contributed by atoms with Crippen LogP contribution in [0.15, 0.2) is 90.6 Å². The lowest BCUT2D eigenvalue weighted by atomic mass is 9.76. The highest BCUT2D eigenvalue weighted by Crippen LogP contribution is 2.46. The Kier molecular flexibility index (Phi) is 4.40. The van der Waals surface area contributed by atoms with Gasteiger partial charge in [0, 0.05) is 5.57 Å². The number of allylic oxidation sites excluding steroid dienone is 4. The molecule has 0 spiro atoms. The maximum atomic E-state index is 9.68. The summed E-state index contributed by atoms with van der Waals surface area (Å²) >= 11 is 0. The van der Waals surface area contributed by atoms with Gasteiger partial charge in [-0.1, -0.05) is 84.9 Å². The van der Waals surface area contributed by atoms with Crippen LogP contribution < -0.4 is 0 Å². The lowest BCUT2D eigenvalue weighted by Gasteiger charge is -2.27. The van der Waals surface area contributed by atoms with Crippen LogP contribution >= 0.6 is 0 Å².